The van der Waals surface area contributed by atoms with Crippen molar-refractivity contribution in [1.82, 2.24) is 25.1 Å². The highest BCUT2D eigenvalue weighted by atomic mass is 35.5. The van der Waals surface area contributed by atoms with E-state index in [-0.39, 0.29) is 30.0 Å². The van der Waals surface area contributed by atoms with E-state index in [1.807, 2.05) is 0 Å². The number of hydrogen-bond donors (Lipinski definition) is 2. The summed E-state index contributed by atoms with van der Waals surface area (Å²) in [4.78, 5) is 27.0. The van der Waals surface area contributed by atoms with Crippen LogP contribution in [0.4, 0.5) is 17.5 Å². The molecule has 0 spiro atoms. The molecular weight excluding hydrogens is 417 g/mol. The molecule has 1 aliphatic heterocycles. The van der Waals surface area contributed by atoms with Crippen LogP contribution < -0.4 is 15.0 Å². The smallest absolute Gasteiger partial charge is 0.268 e. The number of para-hydroxylation sites is 1. The van der Waals surface area contributed by atoms with Gasteiger partial charge in [0.2, 0.25) is 11.8 Å². The summed E-state index contributed by atoms with van der Waals surface area (Å²) in [5, 5.41) is 11.4. The van der Waals surface area contributed by atoms with Crippen molar-refractivity contribution in [2.24, 2.45) is 0 Å². The third-order valence-electron chi connectivity index (χ3n) is 4.33. The van der Waals surface area contributed by atoms with Gasteiger partial charge in [0, 0.05) is 23.8 Å². The van der Waals surface area contributed by atoms with E-state index in [0.29, 0.717) is 21.6 Å². The predicted molar refractivity (Wildman–Crippen MR) is 108 cm³/mol. The quantitative estimate of drug-likeness (QED) is 0.511. The van der Waals surface area contributed by atoms with Gasteiger partial charge in [-0.25, -0.2) is 9.97 Å². The summed E-state index contributed by atoms with van der Waals surface area (Å²) >= 11 is 12.4. The number of carbonyl (C=O) groups is 1. The second kappa shape index (κ2) is 6.87. The zero-order valence-corrected chi connectivity index (χ0v) is 16.1. The number of fused-ring (bicyclic) bond motifs is 2. The predicted octanol–water partition coefficient (Wildman–Crippen LogP) is 3.80. The van der Waals surface area contributed by atoms with Gasteiger partial charge in [-0.3, -0.25) is 14.8 Å². The zero-order valence-electron chi connectivity index (χ0n) is 14.6. The van der Waals surface area contributed by atoms with E-state index in [0.717, 1.165) is 10.9 Å². The molecule has 5 rings (SSSR count). The number of H-pyrrole nitrogens is 1. The van der Waals surface area contributed by atoms with Crippen molar-refractivity contribution in [1.29, 1.82) is 0 Å². The molecule has 0 atom stereocenters. The van der Waals surface area contributed by atoms with E-state index in [9.17, 15) is 4.79 Å². The molecule has 2 N–H and O–H groups in total. The lowest BCUT2D eigenvalue weighted by Gasteiger charge is -2.29. The van der Waals surface area contributed by atoms with Crippen molar-refractivity contribution in [3.05, 3.63) is 58.5 Å². The molecule has 0 bridgehead atoms. The lowest BCUT2D eigenvalue weighted by Crippen LogP contribution is -2.39. The Morgan fingerprint density at radius 3 is 2.79 bits per heavy atom. The van der Waals surface area contributed by atoms with Crippen molar-refractivity contribution in [3.8, 4) is 5.88 Å². The topological polar surface area (TPSA) is 109 Å². The minimum Gasteiger partial charge on any atom is -0.455 e. The van der Waals surface area contributed by atoms with Crippen molar-refractivity contribution < 1.29 is 9.53 Å². The van der Waals surface area contributed by atoms with E-state index in [2.05, 4.69) is 30.5 Å². The number of rotatable bonds is 3. The average Bonchev–Trinajstić information content (AvgIpc) is 3.17. The highest BCUT2D eigenvalue weighted by molar-refractivity contribution is 6.40. The Kier molecular flexibility index (Phi) is 4.18. The van der Waals surface area contributed by atoms with Gasteiger partial charge in [-0.15, -0.1) is 0 Å². The van der Waals surface area contributed by atoms with Gasteiger partial charge in [-0.2, -0.15) is 10.1 Å². The van der Waals surface area contributed by atoms with Crippen LogP contribution in [0.2, 0.25) is 10.0 Å². The normalized spacial score (nSPS) is 13.3. The fourth-order valence-electron chi connectivity index (χ4n) is 2.95. The molecule has 0 radical (unpaired) electrons. The second-order valence-electron chi connectivity index (χ2n) is 6.14. The van der Waals surface area contributed by atoms with Gasteiger partial charge in [0.1, 0.15) is 11.4 Å². The first-order valence-corrected chi connectivity index (χ1v) is 9.17. The molecule has 0 saturated heterocycles. The fraction of sp³-hybridized carbons (Fsp3) is 0.0556. The Balaban J connectivity index is 1.43. The SMILES string of the molecule is O=C1c2cnc(Nc3cc4[nH]ncc4cn3)nc2OCN1c1c(Cl)cccc1Cl. The molecule has 11 heteroatoms. The summed E-state index contributed by atoms with van der Waals surface area (Å²) in [6, 6.07) is 6.78. The Morgan fingerprint density at radius 2 is 1.97 bits per heavy atom. The Labute approximate surface area is 173 Å². The van der Waals surface area contributed by atoms with Gasteiger partial charge in [-0.1, -0.05) is 29.3 Å². The Morgan fingerprint density at radius 1 is 1.14 bits per heavy atom. The number of nitrogens with one attached hydrogen (secondary N) is 2. The molecule has 0 unspecified atom stereocenters. The maximum absolute atomic E-state index is 12.9. The number of amides is 1. The highest BCUT2D eigenvalue weighted by Crippen LogP contribution is 2.37. The lowest BCUT2D eigenvalue weighted by atomic mass is 10.2. The minimum atomic E-state index is -0.357. The van der Waals surface area contributed by atoms with Crippen LogP contribution in [0.3, 0.4) is 0 Å². The molecule has 4 aromatic rings. The first-order valence-electron chi connectivity index (χ1n) is 8.42. The number of nitrogens with zero attached hydrogens (tertiary/aromatic N) is 5. The summed E-state index contributed by atoms with van der Waals surface area (Å²) in [7, 11) is 0. The summed E-state index contributed by atoms with van der Waals surface area (Å²) < 4.78 is 5.67. The number of anilines is 3. The third-order valence-corrected chi connectivity index (χ3v) is 4.94. The maximum Gasteiger partial charge on any atom is 0.268 e. The van der Waals surface area contributed by atoms with Gasteiger partial charge >= 0.3 is 0 Å². The number of pyridine rings is 1. The second-order valence-corrected chi connectivity index (χ2v) is 6.96. The molecule has 1 aliphatic rings. The molecular formula is C18H11Cl2N7O2. The number of aromatic amines is 1. The van der Waals surface area contributed by atoms with Crippen LogP contribution in [0.15, 0.2) is 42.9 Å². The highest BCUT2D eigenvalue weighted by Gasteiger charge is 2.31. The number of halogens is 2. The van der Waals surface area contributed by atoms with Gasteiger partial charge < -0.3 is 10.1 Å². The third kappa shape index (κ3) is 3.10. The molecule has 0 saturated carbocycles. The molecule has 144 valence electrons. The van der Waals surface area contributed by atoms with Crippen LogP contribution in [-0.2, 0) is 0 Å². The molecule has 29 heavy (non-hydrogen) atoms. The Bertz CT molecular complexity index is 1240. The average molecular weight is 428 g/mol. The molecule has 1 amide bonds. The summed E-state index contributed by atoms with van der Waals surface area (Å²) in [6.07, 6.45) is 4.74. The number of benzene rings is 1. The molecule has 1 aromatic carbocycles. The summed E-state index contributed by atoms with van der Waals surface area (Å²) in [5.41, 5.74) is 1.40. The number of aromatic nitrogens is 5. The lowest BCUT2D eigenvalue weighted by molar-refractivity contribution is 0.0932. The van der Waals surface area contributed by atoms with E-state index < -0.39 is 0 Å². The maximum atomic E-state index is 12.9. The minimum absolute atomic E-state index is 0.0793. The summed E-state index contributed by atoms with van der Waals surface area (Å²) in [5.74, 6) is 0.569. The van der Waals surface area contributed by atoms with E-state index in [1.54, 1.807) is 36.7 Å². The number of hydrogen-bond acceptors (Lipinski definition) is 7. The van der Waals surface area contributed by atoms with Gasteiger partial charge in [0.05, 0.1) is 27.4 Å². The first kappa shape index (κ1) is 17.7. The standard InChI is InChI=1S/C18H11Cl2N7O2/c19-11-2-1-3-12(20)15(11)27-8-29-16-10(17(27)28)7-22-18(25-16)24-14-4-13-9(5-21-14)6-23-26-13/h1-7H,8H2,(H,23,26)(H,21,22,24,25). The largest absolute Gasteiger partial charge is 0.455 e. The van der Waals surface area contributed by atoms with E-state index >= 15 is 0 Å². The van der Waals surface area contributed by atoms with Crippen molar-refractivity contribution in [2.45, 2.75) is 0 Å². The van der Waals surface area contributed by atoms with Gasteiger partial charge in [0.15, 0.2) is 6.73 Å². The van der Waals surface area contributed by atoms with Crippen LogP contribution in [-0.4, -0.2) is 37.8 Å². The molecule has 0 aliphatic carbocycles. The monoisotopic (exact) mass is 427 g/mol. The molecule has 9 nitrogen and oxygen atoms in total. The fourth-order valence-corrected chi connectivity index (χ4v) is 3.55. The van der Waals surface area contributed by atoms with Crippen LogP contribution in [0, 0.1) is 0 Å². The van der Waals surface area contributed by atoms with Crippen molar-refractivity contribution in [2.75, 3.05) is 16.9 Å². The van der Waals surface area contributed by atoms with Gasteiger partial charge in [-0.05, 0) is 12.1 Å². The van der Waals surface area contributed by atoms with Gasteiger partial charge in [0.25, 0.3) is 5.91 Å². The number of carbonyl (C=O) groups excluding carboxylic acids is 1. The van der Waals surface area contributed by atoms with Crippen molar-refractivity contribution >= 4 is 57.5 Å². The first-order chi connectivity index (χ1) is 14.1. The van der Waals surface area contributed by atoms with Crippen LogP contribution in [0.25, 0.3) is 10.9 Å². The van der Waals surface area contributed by atoms with E-state index in [1.165, 1.54) is 11.1 Å². The van der Waals surface area contributed by atoms with Crippen LogP contribution >= 0.6 is 23.2 Å². The molecule has 4 heterocycles. The molecule has 0 fully saturated rings. The van der Waals surface area contributed by atoms with E-state index in [4.69, 9.17) is 27.9 Å². The number of ether oxygens (including phenoxy) is 1. The zero-order chi connectivity index (χ0) is 20.0. The van der Waals surface area contributed by atoms with Crippen molar-refractivity contribution in [3.63, 3.8) is 0 Å². The van der Waals surface area contributed by atoms with Crippen LogP contribution in [0.5, 0.6) is 5.88 Å². The summed E-state index contributed by atoms with van der Waals surface area (Å²) in [6.45, 7) is -0.0793. The van der Waals surface area contributed by atoms with Crippen LogP contribution in [0.1, 0.15) is 10.4 Å². The molecule has 3 aromatic heterocycles. The Hall–Kier alpha value is -3.43.